The first kappa shape index (κ1) is 23.1. The zero-order chi connectivity index (χ0) is 21.9. The predicted octanol–water partition coefficient (Wildman–Crippen LogP) is 3.14. The van der Waals surface area contributed by atoms with Crippen LogP contribution in [0.2, 0.25) is 0 Å². The minimum atomic E-state index is -2.95. The molecule has 2 aromatic rings. The third kappa shape index (κ3) is 8.04. The van der Waals surface area contributed by atoms with Crippen molar-refractivity contribution in [2.24, 2.45) is 0 Å². The smallest absolute Gasteiger partial charge is 0.387 e. The molecule has 0 spiro atoms. The fraction of sp³-hybridized carbons (Fsp3) is 0.333. The lowest BCUT2D eigenvalue weighted by Crippen LogP contribution is -2.43. The van der Waals surface area contributed by atoms with Crippen molar-refractivity contribution < 1.29 is 27.8 Å². The average molecular weight is 421 g/mol. The van der Waals surface area contributed by atoms with E-state index in [1.54, 1.807) is 31.0 Å². The lowest BCUT2D eigenvalue weighted by Gasteiger charge is -2.18. The van der Waals surface area contributed by atoms with Gasteiger partial charge in [0.15, 0.2) is 11.5 Å². The Balaban J connectivity index is 1.83. The van der Waals surface area contributed by atoms with E-state index in [0.717, 1.165) is 11.1 Å². The minimum Gasteiger partial charge on any atom is -0.490 e. The van der Waals surface area contributed by atoms with E-state index in [1.807, 2.05) is 30.3 Å². The van der Waals surface area contributed by atoms with Crippen molar-refractivity contribution >= 4 is 11.9 Å². The summed E-state index contributed by atoms with van der Waals surface area (Å²) in [5, 5.41) is 4.89. The van der Waals surface area contributed by atoms with Crippen molar-refractivity contribution in [2.75, 3.05) is 20.2 Å². The highest BCUT2D eigenvalue weighted by molar-refractivity contribution is 5.95. The number of alkyl halides is 2. The zero-order valence-electron chi connectivity index (χ0n) is 16.9. The molecule has 0 unspecified atom stereocenters. The topological polar surface area (TPSA) is 79.9 Å². The van der Waals surface area contributed by atoms with Gasteiger partial charge in [0.25, 0.3) is 0 Å². The molecule has 2 N–H and O–H groups in total. The fourth-order valence-electron chi connectivity index (χ4n) is 2.71. The molecule has 30 heavy (non-hydrogen) atoms. The maximum atomic E-state index is 12.5. The lowest BCUT2D eigenvalue weighted by molar-refractivity contribution is -0.121. The number of imide groups is 1. The number of rotatable bonds is 10. The Morgan fingerprint density at radius 1 is 1.07 bits per heavy atom. The molecule has 0 bridgehead atoms. The summed E-state index contributed by atoms with van der Waals surface area (Å²) in [6, 6.07) is 13.3. The van der Waals surface area contributed by atoms with Gasteiger partial charge < -0.3 is 14.8 Å². The van der Waals surface area contributed by atoms with Gasteiger partial charge in [-0.3, -0.25) is 15.0 Å². The minimum absolute atomic E-state index is 0.0298. The molecule has 9 heteroatoms. The van der Waals surface area contributed by atoms with Crippen LogP contribution in [0.5, 0.6) is 11.5 Å². The number of hydrogen-bond donors (Lipinski definition) is 2. The number of nitrogens with one attached hydrogen (secondary N) is 2. The summed E-state index contributed by atoms with van der Waals surface area (Å²) in [7, 11) is 1.70. The first-order valence-electron chi connectivity index (χ1n) is 9.38. The predicted molar refractivity (Wildman–Crippen MR) is 107 cm³/mol. The molecular weight excluding hydrogens is 396 g/mol. The molecule has 0 saturated heterocycles. The molecule has 162 valence electrons. The quantitative estimate of drug-likeness (QED) is 0.616. The summed E-state index contributed by atoms with van der Waals surface area (Å²) < 4.78 is 34.8. The number of carbonyl (C=O) groups excluding carboxylic acids is 2. The van der Waals surface area contributed by atoms with E-state index >= 15 is 0 Å². The molecular formula is C21H25F2N3O4. The maximum Gasteiger partial charge on any atom is 0.387 e. The van der Waals surface area contributed by atoms with Gasteiger partial charge in [-0.1, -0.05) is 36.4 Å². The highest BCUT2D eigenvalue weighted by atomic mass is 19.3. The van der Waals surface area contributed by atoms with Crippen molar-refractivity contribution in [1.29, 1.82) is 0 Å². The number of carbonyl (C=O) groups is 2. The van der Waals surface area contributed by atoms with Gasteiger partial charge in [-0.25, -0.2) is 4.79 Å². The van der Waals surface area contributed by atoms with Gasteiger partial charge in [0.1, 0.15) is 0 Å². The standard InChI is InChI=1S/C21H25F2N3O4/c1-3-29-18-11-16(9-10-17(18)30-20(22)23)13-26(2)14-19(27)25-21(28)24-12-15-7-5-4-6-8-15/h4-11,20H,3,12-14H2,1-2H3,(H2,24,25,27,28). The number of benzene rings is 2. The first-order chi connectivity index (χ1) is 14.4. The van der Waals surface area contributed by atoms with E-state index in [4.69, 9.17) is 4.74 Å². The Bertz CT molecular complexity index is 834. The Hall–Kier alpha value is -3.20. The number of ether oxygens (including phenoxy) is 2. The van der Waals surface area contributed by atoms with E-state index in [-0.39, 0.29) is 18.0 Å². The van der Waals surface area contributed by atoms with E-state index in [9.17, 15) is 18.4 Å². The van der Waals surface area contributed by atoms with Crippen molar-refractivity contribution in [3.63, 3.8) is 0 Å². The number of nitrogens with zero attached hydrogens (tertiary/aromatic N) is 1. The Kier molecular flexibility index (Phi) is 9.02. The van der Waals surface area contributed by atoms with Crippen molar-refractivity contribution in [3.8, 4) is 11.5 Å². The van der Waals surface area contributed by atoms with Crippen molar-refractivity contribution in [1.82, 2.24) is 15.5 Å². The Morgan fingerprint density at radius 2 is 1.80 bits per heavy atom. The lowest BCUT2D eigenvalue weighted by atomic mass is 10.2. The molecule has 0 aliphatic heterocycles. The van der Waals surface area contributed by atoms with Gasteiger partial charge in [-0.2, -0.15) is 8.78 Å². The Labute approximate surface area is 174 Å². The number of urea groups is 1. The van der Waals surface area contributed by atoms with Gasteiger partial charge in [0, 0.05) is 13.1 Å². The summed E-state index contributed by atoms with van der Waals surface area (Å²) >= 11 is 0. The van der Waals surface area contributed by atoms with Gasteiger partial charge in [0.05, 0.1) is 13.2 Å². The number of likely N-dealkylation sites (N-methyl/N-ethyl adjacent to an activating group) is 1. The number of hydrogen-bond acceptors (Lipinski definition) is 5. The third-order valence-corrected chi connectivity index (χ3v) is 3.94. The highest BCUT2D eigenvalue weighted by Crippen LogP contribution is 2.30. The summed E-state index contributed by atoms with van der Waals surface area (Å²) in [4.78, 5) is 25.6. The van der Waals surface area contributed by atoms with Crippen LogP contribution in [0.1, 0.15) is 18.1 Å². The average Bonchev–Trinajstić information content (AvgIpc) is 2.69. The summed E-state index contributed by atoms with van der Waals surface area (Å²) in [5.74, 6) is -0.315. The second-order valence-corrected chi connectivity index (χ2v) is 6.48. The molecule has 0 fully saturated rings. The zero-order valence-corrected chi connectivity index (χ0v) is 16.9. The second-order valence-electron chi connectivity index (χ2n) is 6.48. The van der Waals surface area contributed by atoms with Crippen LogP contribution in [0.25, 0.3) is 0 Å². The van der Waals surface area contributed by atoms with Crippen LogP contribution in [-0.2, 0) is 17.9 Å². The van der Waals surface area contributed by atoms with Crippen LogP contribution in [0, 0.1) is 0 Å². The number of halogens is 2. The van der Waals surface area contributed by atoms with Crippen molar-refractivity contribution in [3.05, 3.63) is 59.7 Å². The van der Waals surface area contributed by atoms with Gasteiger partial charge >= 0.3 is 12.6 Å². The van der Waals surface area contributed by atoms with E-state index in [2.05, 4.69) is 15.4 Å². The molecule has 7 nitrogen and oxygen atoms in total. The molecule has 0 heterocycles. The summed E-state index contributed by atoms with van der Waals surface area (Å²) in [6.07, 6.45) is 0. The molecule has 3 amide bonds. The van der Waals surface area contributed by atoms with Crippen molar-refractivity contribution in [2.45, 2.75) is 26.6 Å². The third-order valence-electron chi connectivity index (χ3n) is 3.94. The van der Waals surface area contributed by atoms with Crippen LogP contribution in [0.15, 0.2) is 48.5 Å². The van der Waals surface area contributed by atoms with E-state index in [0.29, 0.717) is 19.7 Å². The first-order valence-corrected chi connectivity index (χ1v) is 9.38. The molecule has 0 aliphatic carbocycles. The van der Waals surface area contributed by atoms with Crippen LogP contribution in [0.3, 0.4) is 0 Å². The molecule has 2 rings (SSSR count). The van der Waals surface area contributed by atoms with E-state index < -0.39 is 18.5 Å². The Morgan fingerprint density at radius 3 is 2.47 bits per heavy atom. The molecule has 0 saturated carbocycles. The van der Waals surface area contributed by atoms with Crippen LogP contribution < -0.4 is 20.1 Å². The van der Waals surface area contributed by atoms with Gasteiger partial charge in [-0.05, 0) is 37.2 Å². The molecule has 0 aromatic heterocycles. The summed E-state index contributed by atoms with van der Waals surface area (Å²) in [5.41, 5.74) is 1.66. The van der Waals surface area contributed by atoms with Crippen LogP contribution in [0.4, 0.5) is 13.6 Å². The van der Waals surface area contributed by atoms with Crippen LogP contribution in [-0.4, -0.2) is 43.6 Å². The monoisotopic (exact) mass is 421 g/mol. The second kappa shape index (κ2) is 11.7. The van der Waals surface area contributed by atoms with E-state index in [1.165, 1.54) is 6.07 Å². The maximum absolute atomic E-state index is 12.5. The van der Waals surface area contributed by atoms with Crippen LogP contribution >= 0.6 is 0 Å². The van der Waals surface area contributed by atoms with Gasteiger partial charge in [-0.15, -0.1) is 0 Å². The normalized spacial score (nSPS) is 10.7. The molecule has 0 atom stereocenters. The highest BCUT2D eigenvalue weighted by Gasteiger charge is 2.14. The number of amides is 3. The molecule has 0 aliphatic rings. The summed E-state index contributed by atoms with van der Waals surface area (Å²) in [6.45, 7) is -0.304. The largest absolute Gasteiger partial charge is 0.490 e. The fourth-order valence-corrected chi connectivity index (χ4v) is 2.71. The molecule has 0 radical (unpaired) electrons. The van der Waals surface area contributed by atoms with Gasteiger partial charge in [0.2, 0.25) is 5.91 Å². The molecule has 2 aromatic carbocycles. The SMILES string of the molecule is CCOc1cc(CN(C)CC(=O)NC(=O)NCc2ccccc2)ccc1OC(F)F.